The first-order valence-electron chi connectivity index (χ1n) is 4.94. The van der Waals surface area contributed by atoms with Crippen LogP contribution in [0.15, 0.2) is 18.2 Å². The largest absolute Gasteiger partial charge is 0.493 e. The van der Waals surface area contributed by atoms with Crippen molar-refractivity contribution in [3.05, 3.63) is 18.2 Å². The van der Waals surface area contributed by atoms with Crippen LogP contribution in [-0.4, -0.2) is 38.6 Å². The summed E-state index contributed by atoms with van der Waals surface area (Å²) in [6, 6.07) is 5.18. The lowest BCUT2D eigenvalue weighted by atomic mass is 10.3. The molecule has 1 aromatic carbocycles. The fourth-order valence-corrected chi connectivity index (χ4v) is 1.17. The molecule has 0 aliphatic heterocycles. The third-order valence-electron chi connectivity index (χ3n) is 2.07. The summed E-state index contributed by atoms with van der Waals surface area (Å²) in [6.07, 6.45) is -0.659. The number of hydrogen-bond acceptors (Lipinski definition) is 5. The first-order chi connectivity index (χ1) is 7.71. The summed E-state index contributed by atoms with van der Waals surface area (Å²) >= 11 is 0. The van der Waals surface area contributed by atoms with Crippen LogP contribution >= 0.6 is 0 Å². The summed E-state index contributed by atoms with van der Waals surface area (Å²) in [6.45, 7) is 0.333. The minimum atomic E-state index is -0.659. The molecular weight excluding hydrogens is 210 g/mol. The molecule has 3 N–H and O–H groups in total. The van der Waals surface area contributed by atoms with Gasteiger partial charge in [0.05, 0.1) is 14.2 Å². The van der Waals surface area contributed by atoms with E-state index in [1.54, 1.807) is 32.4 Å². The van der Waals surface area contributed by atoms with Gasteiger partial charge in [-0.05, 0) is 12.1 Å². The Morgan fingerprint density at radius 2 is 1.94 bits per heavy atom. The van der Waals surface area contributed by atoms with Gasteiger partial charge >= 0.3 is 0 Å². The van der Waals surface area contributed by atoms with Gasteiger partial charge in [-0.3, -0.25) is 0 Å². The SMILES string of the molecule is COc1ccc(OCC(O)CN)cc1OC. The van der Waals surface area contributed by atoms with E-state index in [2.05, 4.69) is 0 Å². The van der Waals surface area contributed by atoms with Gasteiger partial charge in [0.1, 0.15) is 18.5 Å². The summed E-state index contributed by atoms with van der Waals surface area (Å²) in [5.74, 6) is 1.82. The van der Waals surface area contributed by atoms with Crippen molar-refractivity contribution in [2.24, 2.45) is 5.73 Å². The molecular formula is C11H17NO4. The molecule has 0 aromatic heterocycles. The molecule has 1 atom stereocenters. The molecule has 0 radical (unpaired) electrons. The van der Waals surface area contributed by atoms with E-state index in [4.69, 9.17) is 19.9 Å². The van der Waals surface area contributed by atoms with Gasteiger partial charge in [0, 0.05) is 12.6 Å². The van der Waals surface area contributed by atoms with Gasteiger partial charge in [0.25, 0.3) is 0 Å². The third-order valence-corrected chi connectivity index (χ3v) is 2.07. The molecule has 0 amide bonds. The Morgan fingerprint density at radius 1 is 1.25 bits per heavy atom. The maximum atomic E-state index is 9.24. The predicted octanol–water partition coefficient (Wildman–Crippen LogP) is 0.402. The Bertz CT molecular complexity index is 330. The van der Waals surface area contributed by atoms with Crippen molar-refractivity contribution in [3.8, 4) is 17.2 Å². The van der Waals surface area contributed by atoms with Crippen LogP contribution in [0.1, 0.15) is 0 Å². The van der Waals surface area contributed by atoms with E-state index < -0.39 is 6.10 Å². The average molecular weight is 227 g/mol. The van der Waals surface area contributed by atoms with Crippen molar-refractivity contribution in [1.82, 2.24) is 0 Å². The Kier molecular flexibility index (Phi) is 4.88. The monoisotopic (exact) mass is 227 g/mol. The third kappa shape index (κ3) is 3.29. The Morgan fingerprint density at radius 3 is 2.50 bits per heavy atom. The van der Waals surface area contributed by atoms with Crippen LogP contribution in [-0.2, 0) is 0 Å². The van der Waals surface area contributed by atoms with Gasteiger partial charge in [-0.2, -0.15) is 0 Å². The van der Waals surface area contributed by atoms with Crippen molar-refractivity contribution in [2.75, 3.05) is 27.4 Å². The van der Waals surface area contributed by atoms with Crippen molar-refractivity contribution < 1.29 is 19.3 Å². The van der Waals surface area contributed by atoms with E-state index in [0.717, 1.165) is 0 Å². The molecule has 1 unspecified atom stereocenters. The Labute approximate surface area is 94.7 Å². The quantitative estimate of drug-likeness (QED) is 0.736. The van der Waals surface area contributed by atoms with Gasteiger partial charge in [0.2, 0.25) is 0 Å². The lowest BCUT2D eigenvalue weighted by Gasteiger charge is -2.12. The predicted molar refractivity (Wildman–Crippen MR) is 60.1 cm³/mol. The molecule has 0 aliphatic rings. The maximum absolute atomic E-state index is 9.24. The summed E-state index contributed by atoms with van der Waals surface area (Å²) in [7, 11) is 3.12. The molecule has 5 heteroatoms. The van der Waals surface area contributed by atoms with E-state index in [1.807, 2.05) is 0 Å². The second-order valence-corrected chi connectivity index (χ2v) is 3.22. The molecule has 0 fully saturated rings. The van der Waals surface area contributed by atoms with Crippen molar-refractivity contribution >= 4 is 0 Å². The minimum Gasteiger partial charge on any atom is -0.493 e. The topological polar surface area (TPSA) is 73.9 Å². The van der Waals surface area contributed by atoms with Gasteiger partial charge in [-0.25, -0.2) is 0 Å². The molecule has 0 spiro atoms. The summed E-state index contributed by atoms with van der Waals surface area (Å²) in [5.41, 5.74) is 5.26. The number of aliphatic hydroxyl groups excluding tert-OH is 1. The van der Waals surface area contributed by atoms with E-state index in [9.17, 15) is 5.11 Å². The second-order valence-electron chi connectivity index (χ2n) is 3.22. The Balaban J connectivity index is 2.67. The van der Waals surface area contributed by atoms with Gasteiger partial charge in [0.15, 0.2) is 11.5 Å². The Hall–Kier alpha value is -1.46. The zero-order valence-corrected chi connectivity index (χ0v) is 9.47. The van der Waals surface area contributed by atoms with Crippen LogP contribution in [0, 0.1) is 0 Å². The second kappa shape index (κ2) is 6.19. The maximum Gasteiger partial charge on any atom is 0.164 e. The van der Waals surface area contributed by atoms with Gasteiger partial charge < -0.3 is 25.1 Å². The van der Waals surface area contributed by atoms with Crippen LogP contribution in [0.3, 0.4) is 0 Å². The van der Waals surface area contributed by atoms with Crippen molar-refractivity contribution in [1.29, 1.82) is 0 Å². The molecule has 1 rings (SSSR count). The summed E-state index contributed by atoms with van der Waals surface area (Å²) < 4.78 is 15.5. The summed E-state index contributed by atoms with van der Waals surface area (Å²) in [5, 5.41) is 9.24. The van der Waals surface area contributed by atoms with Crippen molar-refractivity contribution in [3.63, 3.8) is 0 Å². The van der Waals surface area contributed by atoms with Gasteiger partial charge in [-0.15, -0.1) is 0 Å². The van der Waals surface area contributed by atoms with Crippen molar-refractivity contribution in [2.45, 2.75) is 6.10 Å². The minimum absolute atomic E-state index is 0.159. The lowest BCUT2D eigenvalue weighted by Crippen LogP contribution is -2.26. The van der Waals surface area contributed by atoms with E-state index in [0.29, 0.717) is 17.2 Å². The molecule has 0 aliphatic carbocycles. The molecule has 0 heterocycles. The number of benzene rings is 1. The summed E-state index contributed by atoms with van der Waals surface area (Å²) in [4.78, 5) is 0. The highest BCUT2D eigenvalue weighted by molar-refractivity contribution is 5.45. The fourth-order valence-electron chi connectivity index (χ4n) is 1.17. The van der Waals surface area contributed by atoms with Crippen LogP contribution < -0.4 is 19.9 Å². The molecule has 0 saturated heterocycles. The normalized spacial score (nSPS) is 12.0. The first kappa shape index (κ1) is 12.6. The van der Waals surface area contributed by atoms with Crippen LogP contribution in [0.5, 0.6) is 17.2 Å². The number of ether oxygens (including phenoxy) is 3. The highest BCUT2D eigenvalue weighted by Gasteiger charge is 2.07. The first-order valence-corrected chi connectivity index (χ1v) is 4.94. The molecule has 0 saturated carbocycles. The highest BCUT2D eigenvalue weighted by atomic mass is 16.5. The molecule has 90 valence electrons. The number of hydrogen-bond donors (Lipinski definition) is 2. The fraction of sp³-hybridized carbons (Fsp3) is 0.455. The van der Waals surface area contributed by atoms with Gasteiger partial charge in [-0.1, -0.05) is 0 Å². The molecule has 5 nitrogen and oxygen atoms in total. The van der Waals surface area contributed by atoms with Crippen LogP contribution in [0.4, 0.5) is 0 Å². The smallest absolute Gasteiger partial charge is 0.164 e. The van der Waals surface area contributed by atoms with E-state index in [1.165, 1.54) is 0 Å². The number of nitrogens with two attached hydrogens (primary N) is 1. The molecule has 0 bridgehead atoms. The number of aliphatic hydroxyl groups is 1. The van der Waals surface area contributed by atoms with E-state index in [-0.39, 0.29) is 13.2 Å². The number of methoxy groups -OCH3 is 2. The zero-order chi connectivity index (χ0) is 12.0. The zero-order valence-electron chi connectivity index (χ0n) is 9.47. The standard InChI is InChI=1S/C11H17NO4/c1-14-10-4-3-9(5-11(10)15-2)16-7-8(13)6-12/h3-5,8,13H,6-7,12H2,1-2H3. The molecule has 16 heavy (non-hydrogen) atoms. The number of rotatable bonds is 6. The van der Waals surface area contributed by atoms with Crippen LogP contribution in [0.2, 0.25) is 0 Å². The highest BCUT2D eigenvalue weighted by Crippen LogP contribution is 2.30. The average Bonchev–Trinajstić information content (AvgIpc) is 2.35. The van der Waals surface area contributed by atoms with E-state index >= 15 is 0 Å². The lowest BCUT2D eigenvalue weighted by molar-refractivity contribution is 0.114. The van der Waals surface area contributed by atoms with Crippen LogP contribution in [0.25, 0.3) is 0 Å². The molecule has 1 aromatic rings.